The predicted molar refractivity (Wildman–Crippen MR) is 81.4 cm³/mol. The molecule has 1 aromatic carbocycles. The molecule has 5 heteroatoms. The van der Waals surface area contributed by atoms with Gasteiger partial charge in [0.25, 0.3) is 5.91 Å². The minimum Gasteiger partial charge on any atom is -0.484 e. The first-order valence-corrected chi connectivity index (χ1v) is 7.19. The van der Waals surface area contributed by atoms with Gasteiger partial charge in [0.05, 0.1) is 0 Å². The smallest absolute Gasteiger partial charge is 0.258 e. The molecule has 1 aliphatic rings. The number of carbonyl (C=O) groups is 2. The van der Waals surface area contributed by atoms with Crippen LogP contribution in [0.3, 0.4) is 0 Å². The Bertz CT molecular complexity index is 535. The van der Waals surface area contributed by atoms with Crippen LogP contribution in [0.4, 0.5) is 5.69 Å². The lowest BCUT2D eigenvalue weighted by Crippen LogP contribution is -2.43. The van der Waals surface area contributed by atoms with Gasteiger partial charge in [0.2, 0.25) is 5.91 Å². The molecule has 5 nitrogen and oxygen atoms in total. The highest BCUT2D eigenvalue weighted by Gasteiger charge is 2.22. The van der Waals surface area contributed by atoms with Crippen LogP contribution in [0.1, 0.15) is 33.6 Å². The summed E-state index contributed by atoms with van der Waals surface area (Å²) in [6.07, 6.45) is 1.48. The van der Waals surface area contributed by atoms with Crippen molar-refractivity contribution in [2.75, 3.05) is 18.1 Å². The summed E-state index contributed by atoms with van der Waals surface area (Å²) in [6.45, 7) is 6.47. The van der Waals surface area contributed by atoms with E-state index < -0.39 is 0 Å². The van der Waals surface area contributed by atoms with Gasteiger partial charge in [-0.1, -0.05) is 6.07 Å². The third kappa shape index (κ3) is 4.48. The van der Waals surface area contributed by atoms with E-state index in [0.29, 0.717) is 12.2 Å². The van der Waals surface area contributed by atoms with Crippen LogP contribution >= 0.6 is 0 Å². The lowest BCUT2D eigenvalue weighted by atomic mass is 10.1. The third-order valence-corrected chi connectivity index (χ3v) is 3.09. The first kappa shape index (κ1) is 15.4. The molecule has 0 bridgehead atoms. The van der Waals surface area contributed by atoms with Gasteiger partial charge in [-0.25, -0.2) is 0 Å². The van der Waals surface area contributed by atoms with Crippen LogP contribution < -0.4 is 15.0 Å². The average Bonchev–Trinajstić information content (AvgIpc) is 2.81. The Morgan fingerprint density at radius 3 is 2.76 bits per heavy atom. The molecule has 2 amide bonds. The van der Waals surface area contributed by atoms with Crippen molar-refractivity contribution in [3.05, 3.63) is 24.3 Å². The van der Waals surface area contributed by atoms with Gasteiger partial charge in [-0.2, -0.15) is 0 Å². The van der Waals surface area contributed by atoms with Gasteiger partial charge in [-0.3, -0.25) is 9.59 Å². The van der Waals surface area contributed by atoms with Gasteiger partial charge in [0, 0.05) is 30.3 Å². The van der Waals surface area contributed by atoms with Crippen molar-refractivity contribution in [3.63, 3.8) is 0 Å². The van der Waals surface area contributed by atoms with Crippen LogP contribution in [0, 0.1) is 0 Å². The fourth-order valence-electron chi connectivity index (χ4n) is 2.27. The summed E-state index contributed by atoms with van der Waals surface area (Å²) >= 11 is 0. The van der Waals surface area contributed by atoms with Crippen LogP contribution in [-0.2, 0) is 9.59 Å². The summed E-state index contributed by atoms with van der Waals surface area (Å²) in [6, 6.07) is 7.30. The predicted octanol–water partition coefficient (Wildman–Crippen LogP) is 2.11. The van der Waals surface area contributed by atoms with Crippen molar-refractivity contribution in [1.82, 2.24) is 5.32 Å². The summed E-state index contributed by atoms with van der Waals surface area (Å²) in [5.74, 6) is 0.569. The van der Waals surface area contributed by atoms with Crippen molar-refractivity contribution in [2.45, 2.75) is 39.2 Å². The Morgan fingerprint density at radius 2 is 2.14 bits per heavy atom. The molecule has 1 fully saturated rings. The number of nitrogens with one attached hydrogen (secondary N) is 1. The van der Waals surface area contributed by atoms with Crippen LogP contribution in [-0.4, -0.2) is 30.5 Å². The SMILES string of the molecule is CC(C)(C)NC(=O)COc1cccc(N2CCCC2=O)c1. The summed E-state index contributed by atoms with van der Waals surface area (Å²) in [5, 5.41) is 2.84. The first-order valence-electron chi connectivity index (χ1n) is 7.19. The van der Waals surface area contributed by atoms with Gasteiger partial charge < -0.3 is 15.0 Å². The topological polar surface area (TPSA) is 58.6 Å². The molecule has 0 atom stereocenters. The highest BCUT2D eigenvalue weighted by atomic mass is 16.5. The second-order valence-electron chi connectivity index (χ2n) is 6.23. The largest absolute Gasteiger partial charge is 0.484 e. The van der Waals surface area contributed by atoms with E-state index in [4.69, 9.17) is 4.74 Å². The van der Waals surface area contributed by atoms with Gasteiger partial charge in [0.15, 0.2) is 6.61 Å². The number of rotatable bonds is 4. The second kappa shape index (κ2) is 6.16. The van der Waals surface area contributed by atoms with E-state index in [1.165, 1.54) is 0 Å². The molecule has 1 saturated heterocycles. The maximum Gasteiger partial charge on any atom is 0.258 e. The number of ether oxygens (including phenoxy) is 1. The van der Waals surface area contributed by atoms with Gasteiger partial charge >= 0.3 is 0 Å². The molecule has 0 aliphatic carbocycles. The Kier molecular flexibility index (Phi) is 4.50. The van der Waals surface area contributed by atoms with Gasteiger partial charge in [-0.05, 0) is 39.3 Å². The standard InChI is InChI=1S/C16H22N2O3/c1-16(2,3)17-14(19)11-21-13-7-4-6-12(10-13)18-9-5-8-15(18)20/h4,6-7,10H,5,8-9,11H2,1-3H3,(H,17,19). The summed E-state index contributed by atoms with van der Waals surface area (Å²) in [4.78, 5) is 25.2. The lowest BCUT2D eigenvalue weighted by Gasteiger charge is -2.21. The number of hydrogen-bond donors (Lipinski definition) is 1. The molecule has 1 aromatic rings. The zero-order valence-corrected chi connectivity index (χ0v) is 12.8. The van der Waals surface area contributed by atoms with Crippen molar-refractivity contribution in [1.29, 1.82) is 0 Å². The van der Waals surface area contributed by atoms with Crippen LogP contribution in [0.25, 0.3) is 0 Å². The fourth-order valence-corrected chi connectivity index (χ4v) is 2.27. The van der Waals surface area contributed by atoms with E-state index in [2.05, 4.69) is 5.32 Å². The minimum absolute atomic E-state index is 0.0331. The first-order chi connectivity index (χ1) is 9.85. The van der Waals surface area contributed by atoms with Gasteiger partial charge in [0.1, 0.15) is 5.75 Å². The number of anilines is 1. The molecule has 21 heavy (non-hydrogen) atoms. The molecule has 0 saturated carbocycles. The summed E-state index contributed by atoms with van der Waals surface area (Å²) in [5.41, 5.74) is 0.552. The van der Waals surface area contributed by atoms with E-state index in [1.54, 1.807) is 17.0 Å². The highest BCUT2D eigenvalue weighted by molar-refractivity contribution is 5.95. The highest BCUT2D eigenvalue weighted by Crippen LogP contribution is 2.25. The Labute approximate surface area is 125 Å². The molecule has 1 N–H and O–H groups in total. The molecular weight excluding hydrogens is 268 g/mol. The number of benzene rings is 1. The number of nitrogens with zero attached hydrogens (tertiary/aromatic N) is 1. The van der Waals surface area contributed by atoms with Gasteiger partial charge in [-0.15, -0.1) is 0 Å². The number of carbonyl (C=O) groups excluding carboxylic acids is 2. The van der Waals surface area contributed by atoms with Crippen LogP contribution in [0.15, 0.2) is 24.3 Å². The van der Waals surface area contributed by atoms with Crippen molar-refractivity contribution in [3.8, 4) is 5.75 Å². The normalized spacial score (nSPS) is 15.2. The lowest BCUT2D eigenvalue weighted by molar-refractivity contribution is -0.124. The molecule has 1 heterocycles. The number of amides is 2. The molecule has 2 rings (SSSR count). The zero-order valence-electron chi connectivity index (χ0n) is 12.8. The maximum atomic E-state index is 11.7. The van der Waals surface area contributed by atoms with Crippen molar-refractivity contribution in [2.24, 2.45) is 0 Å². The average molecular weight is 290 g/mol. The minimum atomic E-state index is -0.274. The monoisotopic (exact) mass is 290 g/mol. The molecule has 1 aliphatic heterocycles. The van der Waals surface area contributed by atoms with E-state index in [-0.39, 0.29) is 24.0 Å². The Balaban J connectivity index is 1.95. The molecule has 114 valence electrons. The molecule has 0 radical (unpaired) electrons. The Hall–Kier alpha value is -2.04. The van der Waals surface area contributed by atoms with Crippen LogP contribution in [0.2, 0.25) is 0 Å². The number of hydrogen-bond acceptors (Lipinski definition) is 3. The quantitative estimate of drug-likeness (QED) is 0.924. The zero-order chi connectivity index (χ0) is 15.5. The molecule has 0 spiro atoms. The second-order valence-corrected chi connectivity index (χ2v) is 6.23. The van der Waals surface area contributed by atoms with E-state index in [0.717, 1.165) is 18.7 Å². The van der Waals surface area contributed by atoms with E-state index in [9.17, 15) is 9.59 Å². The van der Waals surface area contributed by atoms with Crippen molar-refractivity contribution >= 4 is 17.5 Å². The molecule has 0 unspecified atom stereocenters. The van der Waals surface area contributed by atoms with Crippen LogP contribution in [0.5, 0.6) is 5.75 Å². The Morgan fingerprint density at radius 1 is 1.38 bits per heavy atom. The van der Waals surface area contributed by atoms with E-state index in [1.807, 2.05) is 32.9 Å². The summed E-state index contributed by atoms with van der Waals surface area (Å²) < 4.78 is 5.50. The molecular formula is C16H22N2O3. The van der Waals surface area contributed by atoms with Crippen molar-refractivity contribution < 1.29 is 14.3 Å². The summed E-state index contributed by atoms with van der Waals surface area (Å²) in [7, 11) is 0. The third-order valence-electron chi connectivity index (χ3n) is 3.09. The molecule has 0 aromatic heterocycles. The van der Waals surface area contributed by atoms with E-state index >= 15 is 0 Å². The fraction of sp³-hybridized carbons (Fsp3) is 0.500. The maximum absolute atomic E-state index is 11.7.